The number of carbonyl (C=O) groups excluding carboxylic acids is 1. The first-order valence-corrected chi connectivity index (χ1v) is 8.97. The Morgan fingerprint density at radius 3 is 2.29 bits per heavy atom. The number of nitrogens with zero attached hydrogens (tertiary/aromatic N) is 2. The molecule has 0 aromatic heterocycles. The lowest BCUT2D eigenvalue weighted by Crippen LogP contribution is -2.61. The lowest BCUT2D eigenvalue weighted by atomic mass is 9.72. The van der Waals surface area contributed by atoms with E-state index in [2.05, 4.69) is 23.6 Å². The van der Waals surface area contributed by atoms with E-state index in [4.69, 9.17) is 0 Å². The molecule has 2 aliphatic rings. The Bertz CT molecular complexity index is 337. The molecule has 1 amide bonds. The van der Waals surface area contributed by atoms with Gasteiger partial charge in [-0.3, -0.25) is 4.79 Å². The van der Waals surface area contributed by atoms with Gasteiger partial charge in [0.15, 0.2) is 0 Å². The summed E-state index contributed by atoms with van der Waals surface area (Å²) in [6, 6.07) is 0. The van der Waals surface area contributed by atoms with Gasteiger partial charge in [0.2, 0.25) is 5.91 Å². The van der Waals surface area contributed by atoms with Gasteiger partial charge in [-0.1, -0.05) is 34.1 Å². The van der Waals surface area contributed by atoms with Crippen molar-refractivity contribution in [1.82, 2.24) is 9.80 Å². The van der Waals surface area contributed by atoms with Crippen molar-refractivity contribution < 1.29 is 4.79 Å². The second-order valence-corrected chi connectivity index (χ2v) is 7.85. The van der Waals surface area contributed by atoms with Gasteiger partial charge in [-0.2, -0.15) is 0 Å². The molecule has 1 unspecified atom stereocenters. The maximum absolute atomic E-state index is 12.0. The first-order chi connectivity index (χ1) is 9.96. The molecule has 0 radical (unpaired) electrons. The Balaban J connectivity index is 1.64. The van der Waals surface area contributed by atoms with Gasteiger partial charge in [-0.15, -0.1) is 0 Å². The van der Waals surface area contributed by atoms with E-state index in [9.17, 15) is 4.79 Å². The van der Waals surface area contributed by atoms with E-state index in [0.717, 1.165) is 19.0 Å². The van der Waals surface area contributed by atoms with Crippen molar-refractivity contribution in [2.75, 3.05) is 32.7 Å². The van der Waals surface area contributed by atoms with Gasteiger partial charge in [-0.25, -0.2) is 0 Å². The number of rotatable bonds is 6. The molecule has 2 heterocycles. The van der Waals surface area contributed by atoms with Crippen LogP contribution in [0.25, 0.3) is 0 Å². The molecule has 0 aromatic rings. The van der Waals surface area contributed by atoms with Gasteiger partial charge in [-0.05, 0) is 43.6 Å². The van der Waals surface area contributed by atoms with E-state index in [-0.39, 0.29) is 5.92 Å². The molecule has 0 aliphatic carbocycles. The molecule has 0 N–H and O–H groups in total. The average molecular weight is 294 g/mol. The van der Waals surface area contributed by atoms with Crippen molar-refractivity contribution in [3.63, 3.8) is 0 Å². The highest BCUT2D eigenvalue weighted by Crippen LogP contribution is 2.40. The molecule has 3 heteroatoms. The molecule has 1 atom stereocenters. The van der Waals surface area contributed by atoms with Crippen LogP contribution in [0.1, 0.15) is 59.8 Å². The third-order valence-electron chi connectivity index (χ3n) is 5.62. The molecule has 0 aromatic carbocycles. The lowest BCUT2D eigenvalue weighted by molar-refractivity contribution is -0.139. The number of hydrogen-bond acceptors (Lipinski definition) is 2. The largest absolute Gasteiger partial charge is 0.342 e. The van der Waals surface area contributed by atoms with E-state index < -0.39 is 0 Å². The monoisotopic (exact) mass is 294 g/mol. The minimum Gasteiger partial charge on any atom is -0.342 e. The number of amides is 1. The minimum absolute atomic E-state index is 0.150. The molecule has 2 fully saturated rings. The molecule has 0 saturated carbocycles. The zero-order valence-electron chi connectivity index (χ0n) is 14.5. The first-order valence-electron chi connectivity index (χ1n) is 8.97. The van der Waals surface area contributed by atoms with Crippen LogP contribution >= 0.6 is 0 Å². The van der Waals surface area contributed by atoms with Crippen LogP contribution < -0.4 is 0 Å². The number of carbonyl (C=O) groups is 1. The Labute approximate surface area is 131 Å². The van der Waals surface area contributed by atoms with Crippen LogP contribution in [0.4, 0.5) is 0 Å². The van der Waals surface area contributed by atoms with Crippen molar-refractivity contribution in [1.29, 1.82) is 0 Å². The topological polar surface area (TPSA) is 23.6 Å². The van der Waals surface area contributed by atoms with Gasteiger partial charge in [0.1, 0.15) is 0 Å². The summed E-state index contributed by atoms with van der Waals surface area (Å²) in [5, 5.41) is 0. The van der Waals surface area contributed by atoms with E-state index in [0.29, 0.717) is 11.3 Å². The van der Waals surface area contributed by atoms with Crippen molar-refractivity contribution in [3.8, 4) is 0 Å². The Hall–Kier alpha value is -0.570. The van der Waals surface area contributed by atoms with Crippen LogP contribution in [0.15, 0.2) is 0 Å². The summed E-state index contributed by atoms with van der Waals surface area (Å²) in [4.78, 5) is 16.7. The highest BCUT2D eigenvalue weighted by Gasteiger charge is 2.44. The molecule has 2 saturated heterocycles. The SMILES string of the molecule is CCC(C)CCCN1CC2(CCN(C(=O)C(C)C)CC2)C1. The van der Waals surface area contributed by atoms with Crippen molar-refractivity contribution >= 4 is 5.91 Å². The van der Waals surface area contributed by atoms with Crippen molar-refractivity contribution in [3.05, 3.63) is 0 Å². The Kier molecular flexibility index (Phi) is 5.70. The first kappa shape index (κ1) is 16.8. The molecular formula is C18H34N2O. The highest BCUT2D eigenvalue weighted by molar-refractivity contribution is 5.78. The summed E-state index contributed by atoms with van der Waals surface area (Å²) in [5.41, 5.74) is 0.546. The molecule has 1 spiro atoms. The normalized spacial score (nSPS) is 23.4. The summed E-state index contributed by atoms with van der Waals surface area (Å²) in [6.07, 6.45) is 6.46. The fourth-order valence-electron chi connectivity index (χ4n) is 3.81. The molecule has 0 bridgehead atoms. The van der Waals surface area contributed by atoms with Gasteiger partial charge < -0.3 is 9.80 Å². The average Bonchev–Trinajstić information content (AvgIpc) is 2.45. The van der Waals surface area contributed by atoms with Gasteiger partial charge >= 0.3 is 0 Å². The van der Waals surface area contributed by atoms with Gasteiger partial charge in [0, 0.05) is 32.1 Å². The zero-order valence-corrected chi connectivity index (χ0v) is 14.5. The van der Waals surface area contributed by atoms with Crippen molar-refractivity contribution in [2.24, 2.45) is 17.3 Å². The van der Waals surface area contributed by atoms with Crippen LogP contribution in [-0.2, 0) is 4.79 Å². The van der Waals surface area contributed by atoms with Crippen LogP contribution in [0.2, 0.25) is 0 Å². The molecule has 122 valence electrons. The summed E-state index contributed by atoms with van der Waals surface area (Å²) >= 11 is 0. The second kappa shape index (κ2) is 7.13. The Morgan fingerprint density at radius 2 is 1.76 bits per heavy atom. The van der Waals surface area contributed by atoms with Crippen LogP contribution in [0.3, 0.4) is 0 Å². The second-order valence-electron chi connectivity index (χ2n) is 7.85. The molecular weight excluding hydrogens is 260 g/mol. The predicted octanol–water partition coefficient (Wildman–Crippen LogP) is 3.39. The van der Waals surface area contributed by atoms with Gasteiger partial charge in [0.05, 0.1) is 0 Å². The molecule has 2 aliphatic heterocycles. The fourth-order valence-corrected chi connectivity index (χ4v) is 3.81. The standard InChI is InChI=1S/C18H34N2O/c1-5-16(4)7-6-10-19-13-18(14-19)8-11-20(12-9-18)17(21)15(2)3/h15-16H,5-14H2,1-4H3. The van der Waals surface area contributed by atoms with Crippen molar-refractivity contribution in [2.45, 2.75) is 59.8 Å². The molecule has 21 heavy (non-hydrogen) atoms. The van der Waals surface area contributed by atoms with E-state index in [1.165, 1.54) is 51.7 Å². The number of likely N-dealkylation sites (tertiary alicyclic amines) is 2. The zero-order chi connectivity index (χ0) is 15.5. The van der Waals surface area contributed by atoms with E-state index in [1.54, 1.807) is 0 Å². The lowest BCUT2D eigenvalue weighted by Gasteiger charge is -2.54. The van der Waals surface area contributed by atoms with Crippen LogP contribution in [-0.4, -0.2) is 48.4 Å². The maximum Gasteiger partial charge on any atom is 0.225 e. The summed E-state index contributed by atoms with van der Waals surface area (Å²) in [6.45, 7) is 14.5. The van der Waals surface area contributed by atoms with E-state index in [1.807, 2.05) is 13.8 Å². The predicted molar refractivity (Wildman–Crippen MR) is 88.2 cm³/mol. The van der Waals surface area contributed by atoms with Gasteiger partial charge in [0.25, 0.3) is 0 Å². The number of hydrogen-bond donors (Lipinski definition) is 0. The highest BCUT2D eigenvalue weighted by atomic mass is 16.2. The van der Waals surface area contributed by atoms with Crippen LogP contribution in [0.5, 0.6) is 0 Å². The van der Waals surface area contributed by atoms with Crippen LogP contribution in [0, 0.1) is 17.3 Å². The smallest absolute Gasteiger partial charge is 0.225 e. The fraction of sp³-hybridized carbons (Fsp3) is 0.944. The molecule has 3 nitrogen and oxygen atoms in total. The summed E-state index contributed by atoms with van der Waals surface area (Å²) < 4.78 is 0. The minimum atomic E-state index is 0.150. The number of piperidine rings is 1. The summed E-state index contributed by atoms with van der Waals surface area (Å²) in [7, 11) is 0. The molecule has 2 rings (SSSR count). The Morgan fingerprint density at radius 1 is 1.14 bits per heavy atom. The van der Waals surface area contributed by atoms with E-state index >= 15 is 0 Å². The maximum atomic E-state index is 12.0. The third-order valence-corrected chi connectivity index (χ3v) is 5.62. The quantitative estimate of drug-likeness (QED) is 0.749. The summed E-state index contributed by atoms with van der Waals surface area (Å²) in [5.74, 6) is 1.37. The third kappa shape index (κ3) is 4.21.